The van der Waals surface area contributed by atoms with Crippen LogP contribution in [0.5, 0.6) is 0 Å². The van der Waals surface area contributed by atoms with E-state index in [1.54, 1.807) is 0 Å². The Labute approximate surface area is 391 Å². The summed E-state index contributed by atoms with van der Waals surface area (Å²) in [5.74, 6) is -7.34. The summed E-state index contributed by atoms with van der Waals surface area (Å²) in [7, 11) is -8.60. The molecule has 3 atom stereocenters. The van der Waals surface area contributed by atoms with Crippen LogP contribution in [0.15, 0.2) is 42.5 Å². The first kappa shape index (κ1) is 51.1. The van der Waals surface area contributed by atoms with E-state index in [9.17, 15) is 61.5 Å². The van der Waals surface area contributed by atoms with Crippen LogP contribution in [0, 0.1) is 29.4 Å². The summed E-state index contributed by atoms with van der Waals surface area (Å²) >= 11 is 6.55. The third-order valence-electron chi connectivity index (χ3n) is 11.7. The maximum Gasteiger partial charge on any atom is 0.435 e. The van der Waals surface area contributed by atoms with Gasteiger partial charge in [-0.1, -0.05) is 23.6 Å². The van der Waals surface area contributed by atoms with Crippen molar-refractivity contribution in [3.8, 4) is 23.0 Å². The Kier molecular flexibility index (Phi) is 13.0. The molecule has 69 heavy (non-hydrogen) atoms. The molecule has 3 N–H and O–H groups in total. The number of pyridine rings is 1. The van der Waals surface area contributed by atoms with Crippen LogP contribution in [0.25, 0.3) is 22.0 Å². The van der Waals surface area contributed by atoms with Crippen molar-refractivity contribution in [3.05, 3.63) is 93.0 Å². The molecule has 0 spiro atoms. The van der Waals surface area contributed by atoms with E-state index in [2.05, 4.69) is 32.3 Å². The van der Waals surface area contributed by atoms with Crippen LogP contribution in [-0.4, -0.2) is 83.2 Å². The molecule has 7 rings (SSSR count). The summed E-state index contributed by atoms with van der Waals surface area (Å²) in [6.07, 6.45) is -9.73. The number of nitrogens with two attached hydrogens (primary N) is 1. The average Bonchev–Trinajstić information content (AvgIpc) is 3.78. The Morgan fingerprint density at radius 3 is 2.14 bits per heavy atom. The number of nitrogens with one attached hydrogen (secondary N) is 1. The highest BCUT2D eigenvalue weighted by molar-refractivity contribution is 7.93. The molecule has 0 saturated heterocycles. The Balaban J connectivity index is 1.49. The summed E-state index contributed by atoms with van der Waals surface area (Å²) in [6, 6.07) is 4.82. The average molecular weight is 1040 g/mol. The van der Waals surface area contributed by atoms with Crippen LogP contribution in [0.4, 0.5) is 49.7 Å². The number of benzene rings is 2. The molecular weight excluding hydrogens is 1000 g/mol. The predicted octanol–water partition coefficient (Wildman–Crippen LogP) is 6.93. The number of sulfone groups is 1. The van der Waals surface area contributed by atoms with Gasteiger partial charge in [-0.25, -0.2) is 30.6 Å². The van der Waals surface area contributed by atoms with Gasteiger partial charge in [-0.15, -0.1) is 0 Å². The number of alkyl halides is 8. The second-order valence-electron chi connectivity index (χ2n) is 17.0. The fraction of sp³-hybridized carbons (Fsp3) is 0.405. The zero-order valence-electron chi connectivity index (χ0n) is 36.2. The van der Waals surface area contributed by atoms with E-state index in [1.807, 2.05) is 0 Å². The molecular formula is C42H37ClF10N8O6S2. The van der Waals surface area contributed by atoms with Gasteiger partial charge < -0.3 is 11.1 Å². The molecule has 2 aliphatic rings. The fourth-order valence-corrected chi connectivity index (χ4v) is 9.67. The minimum absolute atomic E-state index is 0.00745. The van der Waals surface area contributed by atoms with Crippen molar-refractivity contribution in [1.82, 2.24) is 29.9 Å². The van der Waals surface area contributed by atoms with Crippen LogP contribution in [0.1, 0.15) is 72.6 Å². The first-order valence-corrected chi connectivity index (χ1v) is 24.4. The SMILES string of the molecule is CC(C)(C#Cc1ccc(-c2ccc(Cl)c3c(N(C(=O)CN)S(C)(=O)=O)nn(CC(F)(F)F)c23)c([C@H](Cc2cc(F)cc(F)c2)NC(=O)Cn2nc(C(F)(F)F)c3c2C(F)(F)[C@@H]2CC[C@H]32)n1)S(C)(=O)=O. The number of sulfonamides is 1. The molecule has 2 aromatic carbocycles. The number of amides is 2. The van der Waals surface area contributed by atoms with Crippen molar-refractivity contribution in [3.63, 3.8) is 0 Å². The molecule has 370 valence electrons. The molecule has 1 fully saturated rings. The minimum Gasteiger partial charge on any atom is -0.346 e. The van der Waals surface area contributed by atoms with E-state index in [1.165, 1.54) is 13.8 Å². The third-order valence-corrected chi connectivity index (χ3v) is 15.0. The molecule has 3 aromatic heterocycles. The van der Waals surface area contributed by atoms with E-state index in [4.69, 9.17) is 17.3 Å². The Morgan fingerprint density at radius 2 is 1.59 bits per heavy atom. The lowest BCUT2D eigenvalue weighted by molar-refractivity contribution is -0.144. The van der Waals surface area contributed by atoms with Crippen LogP contribution in [0.3, 0.4) is 0 Å². The summed E-state index contributed by atoms with van der Waals surface area (Å²) in [6.45, 7) is -1.75. The van der Waals surface area contributed by atoms with Gasteiger partial charge in [0.1, 0.15) is 40.9 Å². The Hall–Kier alpha value is -5.78. The Morgan fingerprint density at radius 1 is 0.957 bits per heavy atom. The van der Waals surface area contributed by atoms with Crippen LogP contribution < -0.4 is 15.4 Å². The van der Waals surface area contributed by atoms with Crippen LogP contribution in [0.2, 0.25) is 5.02 Å². The van der Waals surface area contributed by atoms with E-state index >= 15 is 8.78 Å². The normalized spacial score (nSPS) is 17.4. The standard InChI is InChI=1S/C42H37ClF10N8O6S2/c1-39(2,68(3,64)65)12-11-23-5-6-24(25-8-10-28(43)33-35(25)60(19-40(46,47)48)58-38(33)61(31(63)17-54)69(4,66)67)34(55-23)29(15-20-13-21(44)16-22(45)14-20)56-30(62)18-59-37-32(36(57-59)42(51,52)53)26-7-9-27(26)41(37,49)50/h5-6,8,10,13-14,16,26-27,29H,7,9,15,17-19,54H2,1-4H3,(H,56,62)/t26-,27+,29-/m0/s1. The number of aromatic nitrogens is 5. The number of rotatable bonds is 12. The van der Waals surface area contributed by atoms with Gasteiger partial charge in [-0.3, -0.25) is 19.0 Å². The molecule has 0 radical (unpaired) electrons. The second-order valence-corrected chi connectivity index (χ2v) is 21.8. The molecule has 2 amide bonds. The van der Waals surface area contributed by atoms with Gasteiger partial charge in [0, 0.05) is 34.9 Å². The largest absolute Gasteiger partial charge is 0.435 e. The number of fused-ring (bicyclic) bond motifs is 4. The van der Waals surface area contributed by atoms with Crippen molar-refractivity contribution >= 4 is 60.0 Å². The predicted molar refractivity (Wildman–Crippen MR) is 229 cm³/mol. The van der Waals surface area contributed by atoms with Crippen LogP contribution >= 0.6 is 11.6 Å². The fourth-order valence-electron chi connectivity index (χ4n) is 8.31. The molecule has 0 bridgehead atoms. The van der Waals surface area contributed by atoms with E-state index in [0.717, 1.165) is 42.7 Å². The number of carbonyl (C=O) groups is 2. The van der Waals surface area contributed by atoms with Crippen LogP contribution in [-0.2, 0) is 61.1 Å². The third kappa shape index (κ3) is 9.87. The first-order chi connectivity index (χ1) is 31.7. The number of anilines is 1. The van der Waals surface area contributed by atoms with Gasteiger partial charge in [0.15, 0.2) is 21.3 Å². The summed E-state index contributed by atoms with van der Waals surface area (Å²) in [5, 5.41) is 8.68. The van der Waals surface area contributed by atoms with Gasteiger partial charge in [0.05, 0.1) is 40.5 Å². The van der Waals surface area contributed by atoms with Crippen molar-refractivity contribution in [2.75, 3.05) is 23.4 Å². The summed E-state index contributed by atoms with van der Waals surface area (Å²) < 4.78 is 197. The molecule has 1 saturated carbocycles. The van der Waals surface area contributed by atoms with Gasteiger partial charge in [0.25, 0.3) is 11.8 Å². The van der Waals surface area contributed by atoms with Gasteiger partial charge >= 0.3 is 12.4 Å². The number of nitrogens with zero attached hydrogens (tertiary/aromatic N) is 6. The smallest absolute Gasteiger partial charge is 0.346 e. The van der Waals surface area contributed by atoms with Crippen molar-refractivity contribution < 1.29 is 70.3 Å². The molecule has 0 aliphatic heterocycles. The zero-order chi connectivity index (χ0) is 51.1. The maximum atomic E-state index is 15.8. The molecule has 5 aromatic rings. The summed E-state index contributed by atoms with van der Waals surface area (Å²) in [5.41, 5.74) is -0.286. The molecule has 3 heterocycles. The highest BCUT2D eigenvalue weighted by Crippen LogP contribution is 2.64. The maximum absolute atomic E-state index is 15.8. The Bertz CT molecular complexity index is 3220. The molecule has 0 unspecified atom stereocenters. The summed E-state index contributed by atoms with van der Waals surface area (Å²) in [4.78, 5) is 31.7. The number of halogens is 11. The first-order valence-electron chi connectivity index (χ1n) is 20.3. The van der Waals surface area contributed by atoms with Gasteiger partial charge in [-0.2, -0.15) is 49.6 Å². The second kappa shape index (κ2) is 17.6. The van der Waals surface area contributed by atoms with Crippen molar-refractivity contribution in [2.24, 2.45) is 11.7 Å². The highest BCUT2D eigenvalue weighted by Gasteiger charge is 2.63. The lowest BCUT2D eigenvalue weighted by atomic mass is 9.73. The zero-order valence-corrected chi connectivity index (χ0v) is 38.6. The monoisotopic (exact) mass is 1040 g/mol. The quantitative estimate of drug-likeness (QED) is 0.0979. The van der Waals surface area contributed by atoms with E-state index in [0.29, 0.717) is 12.3 Å². The highest BCUT2D eigenvalue weighted by atomic mass is 35.5. The molecule has 14 nitrogen and oxygen atoms in total. The lowest BCUT2D eigenvalue weighted by Gasteiger charge is -2.34. The molecule has 27 heteroatoms. The number of hydrogen-bond acceptors (Lipinski definition) is 10. The van der Waals surface area contributed by atoms with Gasteiger partial charge in [-0.05, 0) is 80.8 Å². The number of hydrogen-bond donors (Lipinski definition) is 2. The number of carbonyl (C=O) groups excluding carboxylic acids is 2. The minimum atomic E-state index is -5.22. The lowest BCUT2D eigenvalue weighted by Crippen LogP contribution is -2.40. The van der Waals surface area contributed by atoms with E-state index < -0.39 is 155 Å². The van der Waals surface area contributed by atoms with E-state index in [-0.39, 0.29) is 48.9 Å². The van der Waals surface area contributed by atoms with Crippen molar-refractivity contribution in [2.45, 2.75) is 81.2 Å². The van der Waals surface area contributed by atoms with Gasteiger partial charge in [0.2, 0.25) is 15.9 Å². The topological polar surface area (TPSA) is 192 Å². The molecule has 2 aliphatic carbocycles. The van der Waals surface area contributed by atoms with Crippen molar-refractivity contribution in [1.29, 1.82) is 0 Å².